The van der Waals surface area contributed by atoms with Gasteiger partial charge in [-0.2, -0.15) is 0 Å². The van der Waals surface area contributed by atoms with Crippen LogP contribution in [0.25, 0.3) is 0 Å². The van der Waals surface area contributed by atoms with Gasteiger partial charge in [0.2, 0.25) is 5.88 Å². The van der Waals surface area contributed by atoms with Crippen LogP contribution in [0.3, 0.4) is 0 Å². The molecule has 112 valence electrons. The third-order valence-corrected chi connectivity index (χ3v) is 3.04. The van der Waals surface area contributed by atoms with Gasteiger partial charge in [0.25, 0.3) is 0 Å². The van der Waals surface area contributed by atoms with E-state index < -0.39 is 0 Å². The summed E-state index contributed by atoms with van der Waals surface area (Å²) in [7, 11) is 0. The van der Waals surface area contributed by atoms with Gasteiger partial charge in [0.15, 0.2) is 0 Å². The lowest BCUT2D eigenvalue weighted by molar-refractivity contribution is 0.421. The maximum absolute atomic E-state index is 5.87. The molecule has 1 heterocycles. The average Bonchev–Trinajstić information content (AvgIpc) is 2.35. The summed E-state index contributed by atoms with van der Waals surface area (Å²) in [6.45, 7) is 11.4. The van der Waals surface area contributed by atoms with E-state index in [1.807, 2.05) is 24.3 Å². The Kier molecular flexibility index (Phi) is 4.63. The Hall–Kier alpha value is -1.87. The van der Waals surface area contributed by atoms with Crippen molar-refractivity contribution in [3.8, 4) is 11.6 Å². The quantitative estimate of drug-likeness (QED) is 0.904. The van der Waals surface area contributed by atoms with Gasteiger partial charge in [-0.1, -0.05) is 6.07 Å². The van der Waals surface area contributed by atoms with Gasteiger partial charge in [0.05, 0.1) is 0 Å². The smallest absolute Gasteiger partial charge is 0.219 e. The summed E-state index contributed by atoms with van der Waals surface area (Å²) in [5, 5.41) is 3.46. The molecule has 0 saturated heterocycles. The Morgan fingerprint density at radius 3 is 2.33 bits per heavy atom. The lowest BCUT2D eigenvalue weighted by Gasteiger charge is -2.20. The van der Waals surface area contributed by atoms with Gasteiger partial charge < -0.3 is 10.1 Å². The molecule has 0 atom stereocenters. The zero-order valence-electron chi connectivity index (χ0n) is 13.5. The van der Waals surface area contributed by atoms with Crippen LogP contribution < -0.4 is 10.1 Å². The number of benzene rings is 1. The zero-order valence-corrected chi connectivity index (χ0v) is 13.5. The molecule has 1 aromatic heterocycles. The fourth-order valence-corrected chi connectivity index (χ4v) is 2.10. The minimum Gasteiger partial charge on any atom is -0.439 e. The second-order valence-corrected chi connectivity index (χ2v) is 6.53. The Morgan fingerprint density at radius 1 is 1.05 bits per heavy atom. The molecule has 0 bridgehead atoms. The predicted molar refractivity (Wildman–Crippen MR) is 86.8 cm³/mol. The van der Waals surface area contributed by atoms with Crippen LogP contribution in [0, 0.1) is 13.8 Å². The van der Waals surface area contributed by atoms with E-state index in [0.29, 0.717) is 5.88 Å². The van der Waals surface area contributed by atoms with Crippen LogP contribution in [-0.4, -0.2) is 10.5 Å². The van der Waals surface area contributed by atoms with E-state index in [9.17, 15) is 0 Å². The first kappa shape index (κ1) is 15.5. The summed E-state index contributed by atoms with van der Waals surface area (Å²) in [6.07, 6.45) is 1.79. The lowest BCUT2D eigenvalue weighted by Crippen LogP contribution is -2.35. The molecule has 21 heavy (non-hydrogen) atoms. The number of nitrogens with zero attached hydrogens (tertiary/aromatic N) is 1. The summed E-state index contributed by atoms with van der Waals surface area (Å²) in [5.74, 6) is 1.47. The number of nitrogens with one attached hydrogen (secondary N) is 1. The van der Waals surface area contributed by atoms with Gasteiger partial charge >= 0.3 is 0 Å². The summed E-state index contributed by atoms with van der Waals surface area (Å²) in [5.41, 5.74) is 3.64. The molecule has 0 amide bonds. The highest BCUT2D eigenvalue weighted by Gasteiger charge is 2.09. The number of hydrogen-bond acceptors (Lipinski definition) is 3. The maximum atomic E-state index is 5.87. The minimum absolute atomic E-state index is 0.0952. The van der Waals surface area contributed by atoms with Crippen molar-refractivity contribution in [2.45, 2.75) is 46.7 Å². The Bertz CT molecular complexity index is 595. The molecule has 2 aromatic rings. The molecule has 0 aliphatic carbocycles. The molecule has 0 aliphatic heterocycles. The number of rotatable bonds is 4. The first-order valence-electron chi connectivity index (χ1n) is 7.28. The van der Waals surface area contributed by atoms with Gasteiger partial charge in [-0.05, 0) is 69.5 Å². The molecule has 0 fully saturated rings. The first-order valence-corrected chi connectivity index (χ1v) is 7.28. The summed E-state index contributed by atoms with van der Waals surface area (Å²) >= 11 is 0. The molecule has 1 N–H and O–H groups in total. The third kappa shape index (κ3) is 5.20. The van der Waals surface area contributed by atoms with E-state index in [1.165, 1.54) is 16.7 Å². The van der Waals surface area contributed by atoms with Crippen molar-refractivity contribution in [2.24, 2.45) is 0 Å². The number of hydrogen-bond donors (Lipinski definition) is 1. The maximum Gasteiger partial charge on any atom is 0.219 e. The van der Waals surface area contributed by atoms with Crippen LogP contribution in [0.15, 0.2) is 36.5 Å². The van der Waals surface area contributed by atoms with Crippen LogP contribution in [-0.2, 0) is 6.54 Å². The van der Waals surface area contributed by atoms with E-state index in [4.69, 9.17) is 4.74 Å². The van der Waals surface area contributed by atoms with Crippen molar-refractivity contribution in [1.82, 2.24) is 10.3 Å². The number of aryl methyl sites for hydroxylation is 2. The van der Waals surface area contributed by atoms with Gasteiger partial charge in [0, 0.05) is 24.3 Å². The van der Waals surface area contributed by atoms with Crippen molar-refractivity contribution in [1.29, 1.82) is 0 Å². The van der Waals surface area contributed by atoms with Gasteiger partial charge in [-0.3, -0.25) is 0 Å². The molecular formula is C18H24N2O. The molecular weight excluding hydrogens is 260 g/mol. The molecule has 0 spiro atoms. The standard InChI is InChI=1S/C18H24N2O/c1-13-8-14(2)10-16(9-13)21-17-11-15(6-7-19-17)12-20-18(3,4)5/h6-11,20H,12H2,1-5H3. The monoisotopic (exact) mass is 284 g/mol. The number of aromatic nitrogens is 1. The Balaban J connectivity index is 2.10. The first-order chi connectivity index (χ1) is 9.82. The largest absolute Gasteiger partial charge is 0.439 e. The van der Waals surface area contributed by atoms with E-state index >= 15 is 0 Å². The highest BCUT2D eigenvalue weighted by Crippen LogP contribution is 2.22. The highest BCUT2D eigenvalue weighted by atomic mass is 16.5. The second-order valence-electron chi connectivity index (χ2n) is 6.53. The van der Waals surface area contributed by atoms with Crippen molar-refractivity contribution in [3.63, 3.8) is 0 Å². The van der Waals surface area contributed by atoms with Crippen LogP contribution in [0.2, 0.25) is 0 Å². The molecule has 3 heteroatoms. The SMILES string of the molecule is Cc1cc(C)cc(Oc2cc(CNC(C)(C)C)ccn2)c1. The molecule has 0 aliphatic rings. The lowest BCUT2D eigenvalue weighted by atomic mass is 10.1. The van der Waals surface area contributed by atoms with E-state index in [1.54, 1.807) is 6.20 Å². The molecule has 0 radical (unpaired) electrons. The fraction of sp³-hybridized carbons (Fsp3) is 0.389. The summed E-state index contributed by atoms with van der Waals surface area (Å²) < 4.78 is 5.87. The van der Waals surface area contributed by atoms with Crippen molar-refractivity contribution >= 4 is 0 Å². The van der Waals surface area contributed by atoms with E-state index in [2.05, 4.69) is 51.0 Å². The highest BCUT2D eigenvalue weighted by molar-refractivity contribution is 5.35. The van der Waals surface area contributed by atoms with Gasteiger partial charge in [-0.15, -0.1) is 0 Å². The van der Waals surface area contributed by atoms with Crippen LogP contribution in [0.1, 0.15) is 37.5 Å². The topological polar surface area (TPSA) is 34.1 Å². The molecule has 0 unspecified atom stereocenters. The normalized spacial score (nSPS) is 11.5. The van der Waals surface area contributed by atoms with Crippen LogP contribution in [0.5, 0.6) is 11.6 Å². The van der Waals surface area contributed by atoms with Crippen LogP contribution in [0.4, 0.5) is 0 Å². The summed E-state index contributed by atoms with van der Waals surface area (Å²) in [4.78, 5) is 4.29. The second kappa shape index (κ2) is 6.27. The van der Waals surface area contributed by atoms with Gasteiger partial charge in [0.1, 0.15) is 5.75 Å². The average molecular weight is 284 g/mol. The summed E-state index contributed by atoms with van der Waals surface area (Å²) in [6, 6.07) is 10.2. The molecule has 1 aromatic carbocycles. The molecule has 2 rings (SSSR count). The Morgan fingerprint density at radius 2 is 1.71 bits per heavy atom. The van der Waals surface area contributed by atoms with Crippen LogP contribution >= 0.6 is 0 Å². The molecule has 3 nitrogen and oxygen atoms in total. The van der Waals surface area contributed by atoms with Crippen molar-refractivity contribution in [3.05, 3.63) is 53.2 Å². The van der Waals surface area contributed by atoms with Crippen molar-refractivity contribution < 1.29 is 4.74 Å². The van der Waals surface area contributed by atoms with E-state index in [0.717, 1.165) is 12.3 Å². The van der Waals surface area contributed by atoms with E-state index in [-0.39, 0.29) is 5.54 Å². The predicted octanol–water partition coefficient (Wildman–Crippen LogP) is 4.38. The Labute approximate surface area is 127 Å². The van der Waals surface area contributed by atoms with Gasteiger partial charge in [-0.25, -0.2) is 4.98 Å². The number of pyridine rings is 1. The fourth-order valence-electron chi connectivity index (χ4n) is 2.10. The molecule has 0 saturated carbocycles. The number of ether oxygens (including phenoxy) is 1. The third-order valence-electron chi connectivity index (χ3n) is 3.04. The minimum atomic E-state index is 0.0952. The van der Waals surface area contributed by atoms with Crippen molar-refractivity contribution in [2.75, 3.05) is 0 Å². The zero-order chi connectivity index (χ0) is 15.5.